The first-order chi connectivity index (χ1) is 7.55. The Bertz CT molecular complexity index is 442. The molecule has 88 valence electrons. The Morgan fingerprint density at radius 1 is 1.31 bits per heavy atom. The van der Waals surface area contributed by atoms with Crippen molar-refractivity contribution in [2.45, 2.75) is 19.8 Å². The van der Waals surface area contributed by atoms with E-state index in [1.807, 2.05) is 0 Å². The van der Waals surface area contributed by atoms with Crippen LogP contribution in [0.25, 0.3) is 0 Å². The average Bonchev–Trinajstić information content (AvgIpc) is 2.30. The average molecular weight is 242 g/mol. The van der Waals surface area contributed by atoms with Gasteiger partial charge in [0.15, 0.2) is 11.6 Å². The van der Waals surface area contributed by atoms with E-state index in [2.05, 4.69) is 9.97 Å². The number of rotatable bonds is 6. The molecule has 0 saturated carbocycles. The van der Waals surface area contributed by atoms with Crippen LogP contribution in [-0.2, 0) is 9.84 Å². The number of carbonyl (C=O) groups excluding carboxylic acids is 1. The Hall–Kier alpha value is -1.30. The fraction of sp³-hybridized carbons (Fsp3) is 0.500. The molecule has 0 aliphatic rings. The third-order valence-corrected chi connectivity index (χ3v) is 3.90. The fourth-order valence-corrected chi connectivity index (χ4v) is 2.02. The Balaban J connectivity index is 2.43. The predicted molar refractivity (Wildman–Crippen MR) is 59.9 cm³/mol. The van der Waals surface area contributed by atoms with Crippen molar-refractivity contribution < 1.29 is 13.2 Å². The fourth-order valence-electron chi connectivity index (χ4n) is 1.15. The van der Waals surface area contributed by atoms with Crippen LogP contribution in [-0.4, -0.2) is 35.7 Å². The van der Waals surface area contributed by atoms with Crippen LogP contribution in [0.15, 0.2) is 18.5 Å². The lowest BCUT2D eigenvalue weighted by atomic mass is 10.2. The van der Waals surface area contributed by atoms with Gasteiger partial charge in [-0.25, -0.2) is 18.4 Å². The zero-order valence-corrected chi connectivity index (χ0v) is 9.90. The summed E-state index contributed by atoms with van der Waals surface area (Å²) in [7, 11) is -2.99. The molecular weight excluding hydrogens is 228 g/mol. The van der Waals surface area contributed by atoms with Crippen molar-refractivity contribution in [2.24, 2.45) is 0 Å². The number of carbonyl (C=O) groups is 1. The number of aromatic nitrogens is 2. The largest absolute Gasteiger partial charge is 0.291 e. The Morgan fingerprint density at radius 2 is 1.94 bits per heavy atom. The molecule has 16 heavy (non-hydrogen) atoms. The van der Waals surface area contributed by atoms with E-state index >= 15 is 0 Å². The minimum Gasteiger partial charge on any atom is -0.291 e. The summed E-state index contributed by atoms with van der Waals surface area (Å²) < 4.78 is 22.3. The second-order valence-corrected chi connectivity index (χ2v) is 5.81. The summed E-state index contributed by atoms with van der Waals surface area (Å²) in [6.07, 6.45) is 3.47. The molecule has 1 aromatic rings. The molecule has 0 bridgehead atoms. The molecule has 0 N–H and O–H groups in total. The summed E-state index contributed by atoms with van der Waals surface area (Å²) in [6.45, 7) is 1.59. The van der Waals surface area contributed by atoms with Crippen LogP contribution in [0.4, 0.5) is 0 Å². The van der Waals surface area contributed by atoms with Crippen LogP contribution < -0.4 is 0 Å². The highest BCUT2D eigenvalue weighted by Crippen LogP contribution is 2.02. The third-order valence-electron chi connectivity index (χ3n) is 2.11. The third kappa shape index (κ3) is 4.06. The lowest BCUT2D eigenvalue weighted by molar-refractivity contribution is 0.0972. The number of ketones is 1. The zero-order valence-electron chi connectivity index (χ0n) is 9.09. The van der Waals surface area contributed by atoms with Crippen LogP contribution in [0.5, 0.6) is 0 Å². The van der Waals surface area contributed by atoms with Gasteiger partial charge in [-0.05, 0) is 12.5 Å². The SMILES string of the molecule is CCS(=O)(=O)CCCC(=O)c1ncccn1. The van der Waals surface area contributed by atoms with Crippen molar-refractivity contribution in [3.05, 3.63) is 24.3 Å². The number of hydrogen-bond acceptors (Lipinski definition) is 5. The predicted octanol–water partition coefficient (Wildman–Crippen LogP) is 0.874. The van der Waals surface area contributed by atoms with E-state index in [4.69, 9.17) is 0 Å². The molecule has 6 heteroatoms. The topological polar surface area (TPSA) is 77.0 Å². The van der Waals surface area contributed by atoms with Gasteiger partial charge in [0.05, 0.1) is 5.75 Å². The molecule has 0 unspecified atom stereocenters. The van der Waals surface area contributed by atoms with Gasteiger partial charge in [-0.2, -0.15) is 0 Å². The van der Waals surface area contributed by atoms with E-state index in [9.17, 15) is 13.2 Å². The van der Waals surface area contributed by atoms with Gasteiger partial charge in [0.25, 0.3) is 0 Å². The number of Topliss-reactive ketones (excluding diaryl/α,β-unsaturated/α-hetero) is 1. The minimum atomic E-state index is -2.99. The maximum atomic E-state index is 11.5. The lowest BCUT2D eigenvalue weighted by Crippen LogP contribution is -2.11. The molecule has 0 saturated heterocycles. The maximum Gasteiger partial charge on any atom is 0.200 e. The first kappa shape index (κ1) is 12.8. The van der Waals surface area contributed by atoms with Crippen molar-refractivity contribution in [3.63, 3.8) is 0 Å². The first-order valence-electron chi connectivity index (χ1n) is 5.06. The molecule has 0 radical (unpaired) electrons. The molecule has 1 heterocycles. The highest BCUT2D eigenvalue weighted by Gasteiger charge is 2.11. The van der Waals surface area contributed by atoms with Crippen LogP contribution in [0.3, 0.4) is 0 Å². The first-order valence-corrected chi connectivity index (χ1v) is 6.88. The van der Waals surface area contributed by atoms with E-state index < -0.39 is 9.84 Å². The van der Waals surface area contributed by atoms with Gasteiger partial charge in [-0.1, -0.05) is 6.92 Å². The highest BCUT2D eigenvalue weighted by molar-refractivity contribution is 7.91. The maximum absolute atomic E-state index is 11.5. The second kappa shape index (κ2) is 5.69. The van der Waals surface area contributed by atoms with Crippen LogP contribution in [0, 0.1) is 0 Å². The molecule has 1 aromatic heterocycles. The van der Waals surface area contributed by atoms with Crippen molar-refractivity contribution in [1.82, 2.24) is 9.97 Å². The molecule has 0 aliphatic heterocycles. The van der Waals surface area contributed by atoms with Crippen LogP contribution >= 0.6 is 0 Å². The zero-order chi connectivity index (χ0) is 12.0. The summed E-state index contributed by atoms with van der Waals surface area (Å²) in [5, 5.41) is 0. The van der Waals surface area contributed by atoms with E-state index in [0.29, 0.717) is 6.42 Å². The van der Waals surface area contributed by atoms with E-state index in [-0.39, 0.29) is 29.5 Å². The quantitative estimate of drug-likeness (QED) is 0.692. The van der Waals surface area contributed by atoms with Crippen LogP contribution in [0.2, 0.25) is 0 Å². The second-order valence-electron chi connectivity index (χ2n) is 3.34. The standard InChI is InChI=1S/C10H14N2O3S/c1-2-16(14,15)8-3-5-9(13)10-11-6-4-7-12-10/h4,6-7H,2-3,5,8H2,1H3. The van der Waals surface area contributed by atoms with E-state index in [1.165, 1.54) is 12.4 Å². The van der Waals surface area contributed by atoms with E-state index in [0.717, 1.165) is 0 Å². The molecule has 0 spiro atoms. The van der Waals surface area contributed by atoms with Gasteiger partial charge in [-0.15, -0.1) is 0 Å². The van der Waals surface area contributed by atoms with Gasteiger partial charge in [0.1, 0.15) is 9.84 Å². The summed E-state index contributed by atoms with van der Waals surface area (Å²) in [5.74, 6) is 0.0914. The molecule has 5 nitrogen and oxygen atoms in total. The molecule has 0 atom stereocenters. The smallest absolute Gasteiger partial charge is 0.200 e. The molecule has 1 rings (SSSR count). The Morgan fingerprint density at radius 3 is 2.50 bits per heavy atom. The summed E-state index contributed by atoms with van der Waals surface area (Å²) in [5.41, 5.74) is 0. The number of hydrogen-bond donors (Lipinski definition) is 0. The number of sulfone groups is 1. The molecule has 0 aromatic carbocycles. The van der Waals surface area contributed by atoms with Gasteiger partial charge < -0.3 is 0 Å². The summed E-state index contributed by atoms with van der Waals surface area (Å²) >= 11 is 0. The minimum absolute atomic E-state index is 0.0437. The Labute approximate surface area is 94.8 Å². The highest BCUT2D eigenvalue weighted by atomic mass is 32.2. The monoisotopic (exact) mass is 242 g/mol. The van der Waals surface area contributed by atoms with Crippen molar-refractivity contribution in [2.75, 3.05) is 11.5 Å². The van der Waals surface area contributed by atoms with Crippen molar-refractivity contribution in [1.29, 1.82) is 0 Å². The summed E-state index contributed by atoms with van der Waals surface area (Å²) in [6, 6.07) is 1.62. The number of nitrogens with zero attached hydrogens (tertiary/aromatic N) is 2. The molecule has 0 fully saturated rings. The molecular formula is C10H14N2O3S. The van der Waals surface area contributed by atoms with Gasteiger partial charge >= 0.3 is 0 Å². The molecule has 0 aliphatic carbocycles. The van der Waals surface area contributed by atoms with E-state index in [1.54, 1.807) is 13.0 Å². The normalized spacial score (nSPS) is 11.3. The van der Waals surface area contributed by atoms with Crippen molar-refractivity contribution in [3.8, 4) is 0 Å². The summed E-state index contributed by atoms with van der Waals surface area (Å²) in [4.78, 5) is 19.1. The van der Waals surface area contributed by atoms with Gasteiger partial charge in [0.2, 0.25) is 0 Å². The van der Waals surface area contributed by atoms with Crippen LogP contribution in [0.1, 0.15) is 30.4 Å². The van der Waals surface area contributed by atoms with Gasteiger partial charge in [0, 0.05) is 24.6 Å². The van der Waals surface area contributed by atoms with Crippen molar-refractivity contribution >= 4 is 15.6 Å². The lowest BCUT2D eigenvalue weighted by Gasteiger charge is -2.00. The molecule has 0 amide bonds. The van der Waals surface area contributed by atoms with Gasteiger partial charge in [-0.3, -0.25) is 4.79 Å². The Kier molecular flexibility index (Phi) is 4.54.